The smallest absolute Gasteiger partial charge is 0.252 e. The molecule has 0 spiro atoms. The average Bonchev–Trinajstić information content (AvgIpc) is 2.66. The number of aliphatic imine (C=N–C) groups is 1. The lowest BCUT2D eigenvalue weighted by Gasteiger charge is -2.25. The van der Waals surface area contributed by atoms with E-state index >= 15 is 0 Å². The fourth-order valence-corrected chi connectivity index (χ4v) is 2.79. The number of amides is 1. The van der Waals surface area contributed by atoms with Crippen molar-refractivity contribution < 1.29 is 9.53 Å². The van der Waals surface area contributed by atoms with Crippen molar-refractivity contribution in [2.24, 2.45) is 4.99 Å². The number of carbonyl (C=O) groups is 1. The van der Waals surface area contributed by atoms with Gasteiger partial charge in [0.05, 0.1) is 30.3 Å². The Morgan fingerprint density at radius 3 is 2.59 bits per heavy atom. The molecular formula is C18H29ClIN5O2. The average molecular weight is 510 g/mol. The van der Waals surface area contributed by atoms with Crippen LogP contribution in [0.25, 0.3) is 0 Å². The predicted octanol–water partition coefficient (Wildman–Crippen LogP) is 1.58. The van der Waals surface area contributed by atoms with E-state index in [2.05, 4.69) is 25.8 Å². The van der Waals surface area contributed by atoms with Gasteiger partial charge >= 0.3 is 0 Å². The summed E-state index contributed by atoms with van der Waals surface area (Å²) in [5.74, 6) is 0.583. The zero-order valence-corrected chi connectivity index (χ0v) is 18.8. The van der Waals surface area contributed by atoms with Crippen molar-refractivity contribution in [3.05, 3.63) is 34.9 Å². The van der Waals surface area contributed by atoms with Crippen LogP contribution in [0.2, 0.25) is 5.02 Å². The first-order valence-corrected chi connectivity index (χ1v) is 9.43. The lowest BCUT2D eigenvalue weighted by Crippen LogP contribution is -2.42. The molecule has 1 saturated heterocycles. The maximum absolute atomic E-state index is 12.1. The predicted molar refractivity (Wildman–Crippen MR) is 120 cm³/mol. The molecule has 0 radical (unpaired) electrons. The highest BCUT2D eigenvalue weighted by Crippen LogP contribution is 2.14. The van der Waals surface area contributed by atoms with Crippen LogP contribution in [0.5, 0.6) is 0 Å². The third kappa shape index (κ3) is 9.09. The molecule has 2 rings (SSSR count). The van der Waals surface area contributed by atoms with Gasteiger partial charge in [0.25, 0.3) is 5.91 Å². The Kier molecular flexibility index (Phi) is 12.4. The van der Waals surface area contributed by atoms with E-state index in [1.807, 2.05) is 6.92 Å². The molecular weight excluding hydrogens is 481 g/mol. The molecule has 1 aliphatic heterocycles. The van der Waals surface area contributed by atoms with Gasteiger partial charge in [-0.15, -0.1) is 24.0 Å². The first kappa shape index (κ1) is 23.9. The molecule has 7 nitrogen and oxygen atoms in total. The number of ether oxygens (including phenoxy) is 1. The molecule has 152 valence electrons. The van der Waals surface area contributed by atoms with Crippen LogP contribution in [0.1, 0.15) is 17.3 Å². The SMILES string of the molecule is CCNC(=NCCN1CCOCC1)NCCNC(=O)c1ccccc1Cl.I. The largest absolute Gasteiger partial charge is 0.379 e. The molecule has 0 atom stereocenters. The second kappa shape index (κ2) is 14.0. The molecule has 3 N–H and O–H groups in total. The van der Waals surface area contributed by atoms with E-state index in [4.69, 9.17) is 16.3 Å². The van der Waals surface area contributed by atoms with Crippen molar-refractivity contribution in [3.63, 3.8) is 0 Å². The van der Waals surface area contributed by atoms with Crippen LogP contribution >= 0.6 is 35.6 Å². The molecule has 0 aliphatic carbocycles. The van der Waals surface area contributed by atoms with Crippen LogP contribution in [-0.4, -0.2) is 75.8 Å². The van der Waals surface area contributed by atoms with Gasteiger partial charge < -0.3 is 20.7 Å². The summed E-state index contributed by atoms with van der Waals surface area (Å²) in [5.41, 5.74) is 0.486. The van der Waals surface area contributed by atoms with Crippen molar-refractivity contribution in [2.75, 3.05) is 59.0 Å². The normalized spacial score (nSPS) is 15.0. The second-order valence-electron chi connectivity index (χ2n) is 5.88. The van der Waals surface area contributed by atoms with Crippen molar-refractivity contribution in [2.45, 2.75) is 6.92 Å². The number of rotatable bonds is 8. The second-order valence-corrected chi connectivity index (χ2v) is 6.28. The molecule has 0 bridgehead atoms. The van der Waals surface area contributed by atoms with Gasteiger partial charge in [-0.1, -0.05) is 23.7 Å². The van der Waals surface area contributed by atoms with Crippen LogP contribution in [0.3, 0.4) is 0 Å². The number of nitrogens with zero attached hydrogens (tertiary/aromatic N) is 2. The third-order valence-corrected chi connectivity index (χ3v) is 4.29. The van der Waals surface area contributed by atoms with Crippen molar-refractivity contribution in [1.29, 1.82) is 0 Å². The first-order chi connectivity index (χ1) is 12.7. The van der Waals surface area contributed by atoms with Gasteiger partial charge in [0.1, 0.15) is 0 Å². The van der Waals surface area contributed by atoms with E-state index < -0.39 is 0 Å². The van der Waals surface area contributed by atoms with E-state index in [1.165, 1.54) is 0 Å². The zero-order valence-electron chi connectivity index (χ0n) is 15.7. The topological polar surface area (TPSA) is 78.0 Å². The Morgan fingerprint density at radius 2 is 1.89 bits per heavy atom. The number of hydrogen-bond acceptors (Lipinski definition) is 4. The zero-order chi connectivity index (χ0) is 18.6. The Balaban J connectivity index is 0.00000364. The van der Waals surface area contributed by atoms with E-state index in [9.17, 15) is 4.79 Å². The summed E-state index contributed by atoms with van der Waals surface area (Å²) >= 11 is 6.03. The lowest BCUT2D eigenvalue weighted by molar-refractivity contribution is 0.0394. The lowest BCUT2D eigenvalue weighted by atomic mass is 10.2. The Labute approximate surface area is 183 Å². The van der Waals surface area contributed by atoms with Gasteiger partial charge in [-0.3, -0.25) is 14.7 Å². The highest BCUT2D eigenvalue weighted by Gasteiger charge is 2.10. The van der Waals surface area contributed by atoms with E-state index in [0.717, 1.165) is 51.9 Å². The number of morpholine rings is 1. The Morgan fingerprint density at radius 1 is 1.19 bits per heavy atom. The standard InChI is InChI=1S/C18H28ClN5O2.HI/c1-2-20-18(23-9-10-24-11-13-26-14-12-24)22-8-7-21-17(25)15-5-3-4-6-16(15)19;/h3-6H,2,7-14H2,1H3,(H,21,25)(H2,20,22,23);1H. The van der Waals surface area contributed by atoms with Crippen LogP contribution < -0.4 is 16.0 Å². The van der Waals surface area contributed by atoms with Crippen molar-refractivity contribution >= 4 is 47.4 Å². The Bertz CT molecular complexity index is 597. The van der Waals surface area contributed by atoms with E-state index in [1.54, 1.807) is 24.3 Å². The summed E-state index contributed by atoms with van der Waals surface area (Å²) in [7, 11) is 0. The summed E-state index contributed by atoms with van der Waals surface area (Å²) in [6, 6.07) is 7.02. The van der Waals surface area contributed by atoms with Gasteiger partial charge in [0, 0.05) is 39.3 Å². The maximum atomic E-state index is 12.1. The molecule has 1 amide bonds. The fourth-order valence-electron chi connectivity index (χ4n) is 2.57. The monoisotopic (exact) mass is 509 g/mol. The number of hydrogen-bond donors (Lipinski definition) is 3. The summed E-state index contributed by atoms with van der Waals surface area (Å²) < 4.78 is 5.34. The molecule has 9 heteroatoms. The molecule has 1 fully saturated rings. The van der Waals surface area contributed by atoms with Gasteiger partial charge in [-0.05, 0) is 19.1 Å². The van der Waals surface area contributed by atoms with Gasteiger partial charge in [0.15, 0.2) is 5.96 Å². The molecule has 0 unspecified atom stereocenters. The minimum atomic E-state index is -0.174. The number of guanidine groups is 1. The third-order valence-electron chi connectivity index (χ3n) is 3.96. The number of nitrogens with one attached hydrogen (secondary N) is 3. The number of benzene rings is 1. The van der Waals surface area contributed by atoms with Crippen LogP contribution in [0, 0.1) is 0 Å². The molecule has 1 aromatic carbocycles. The molecule has 0 aromatic heterocycles. The molecule has 0 saturated carbocycles. The summed E-state index contributed by atoms with van der Waals surface area (Å²) in [6.07, 6.45) is 0. The van der Waals surface area contributed by atoms with E-state index in [0.29, 0.717) is 23.7 Å². The van der Waals surface area contributed by atoms with Crippen LogP contribution in [-0.2, 0) is 4.74 Å². The minimum Gasteiger partial charge on any atom is -0.379 e. The van der Waals surface area contributed by atoms with Gasteiger partial charge in [-0.25, -0.2) is 0 Å². The highest BCUT2D eigenvalue weighted by molar-refractivity contribution is 14.0. The summed E-state index contributed by atoms with van der Waals surface area (Å²) in [6.45, 7) is 9.05. The van der Waals surface area contributed by atoms with Crippen molar-refractivity contribution in [1.82, 2.24) is 20.9 Å². The van der Waals surface area contributed by atoms with Crippen LogP contribution in [0.4, 0.5) is 0 Å². The quantitative estimate of drug-likeness (QED) is 0.215. The highest BCUT2D eigenvalue weighted by atomic mass is 127. The number of halogens is 2. The maximum Gasteiger partial charge on any atom is 0.252 e. The molecule has 1 aliphatic rings. The molecule has 1 heterocycles. The van der Waals surface area contributed by atoms with Crippen LogP contribution in [0.15, 0.2) is 29.3 Å². The minimum absolute atomic E-state index is 0. The van der Waals surface area contributed by atoms with Crippen molar-refractivity contribution in [3.8, 4) is 0 Å². The van der Waals surface area contributed by atoms with E-state index in [-0.39, 0.29) is 29.9 Å². The van der Waals surface area contributed by atoms with Gasteiger partial charge in [-0.2, -0.15) is 0 Å². The van der Waals surface area contributed by atoms with Gasteiger partial charge in [0.2, 0.25) is 0 Å². The molecule has 27 heavy (non-hydrogen) atoms. The fraction of sp³-hybridized carbons (Fsp3) is 0.556. The molecule has 1 aromatic rings. The first-order valence-electron chi connectivity index (χ1n) is 9.05. The Hall–Kier alpha value is -1.10. The summed E-state index contributed by atoms with van der Waals surface area (Å²) in [5, 5.41) is 9.75. The number of carbonyl (C=O) groups excluding carboxylic acids is 1. The summed E-state index contributed by atoms with van der Waals surface area (Å²) in [4.78, 5) is 19.0.